The van der Waals surface area contributed by atoms with E-state index in [1.54, 1.807) is 0 Å². The Hall–Kier alpha value is -1.51. The molecule has 2 N–H and O–H groups in total. The van der Waals surface area contributed by atoms with Crippen LogP contribution in [-0.4, -0.2) is 18.0 Å². The molecule has 3 nitrogen and oxygen atoms in total. The Balaban J connectivity index is 1.86. The number of carbonyl (C=O) groups excluding carboxylic acids is 1. The van der Waals surface area contributed by atoms with Crippen molar-refractivity contribution in [3.8, 4) is 0 Å². The SMILES string of the molecule is CCCCCC(C)Nc1cccc(C(=O)NC2CC2)c1. The summed E-state index contributed by atoms with van der Waals surface area (Å²) in [7, 11) is 0. The second kappa shape index (κ2) is 7.32. The van der Waals surface area contributed by atoms with Crippen LogP contribution < -0.4 is 10.6 Å². The highest BCUT2D eigenvalue weighted by Crippen LogP contribution is 2.20. The van der Waals surface area contributed by atoms with E-state index in [-0.39, 0.29) is 5.91 Å². The number of amides is 1. The Morgan fingerprint density at radius 3 is 2.85 bits per heavy atom. The Morgan fingerprint density at radius 1 is 1.35 bits per heavy atom. The maximum Gasteiger partial charge on any atom is 0.251 e. The molecule has 0 saturated heterocycles. The smallest absolute Gasteiger partial charge is 0.251 e. The first-order valence-electron chi connectivity index (χ1n) is 7.86. The van der Waals surface area contributed by atoms with Crippen molar-refractivity contribution in [2.75, 3.05) is 5.32 Å². The van der Waals surface area contributed by atoms with Gasteiger partial charge in [-0.2, -0.15) is 0 Å². The van der Waals surface area contributed by atoms with Crippen molar-refractivity contribution < 1.29 is 4.79 Å². The van der Waals surface area contributed by atoms with E-state index < -0.39 is 0 Å². The third kappa shape index (κ3) is 4.87. The molecule has 3 heteroatoms. The third-order valence-electron chi connectivity index (χ3n) is 3.69. The van der Waals surface area contributed by atoms with Gasteiger partial charge in [-0.25, -0.2) is 0 Å². The van der Waals surface area contributed by atoms with Crippen molar-refractivity contribution in [1.29, 1.82) is 0 Å². The van der Waals surface area contributed by atoms with Gasteiger partial charge in [0.2, 0.25) is 0 Å². The fraction of sp³-hybridized carbons (Fsp3) is 0.588. The summed E-state index contributed by atoms with van der Waals surface area (Å²) in [4.78, 5) is 12.0. The van der Waals surface area contributed by atoms with E-state index in [1.165, 1.54) is 25.7 Å². The molecule has 1 fully saturated rings. The minimum absolute atomic E-state index is 0.0507. The van der Waals surface area contributed by atoms with Crippen LogP contribution in [0.2, 0.25) is 0 Å². The fourth-order valence-electron chi connectivity index (χ4n) is 2.30. The third-order valence-corrected chi connectivity index (χ3v) is 3.69. The van der Waals surface area contributed by atoms with Crippen molar-refractivity contribution in [1.82, 2.24) is 5.32 Å². The zero-order valence-electron chi connectivity index (χ0n) is 12.6. The average Bonchev–Trinajstić information content (AvgIpc) is 3.23. The number of hydrogen-bond donors (Lipinski definition) is 2. The van der Waals surface area contributed by atoms with E-state index >= 15 is 0 Å². The van der Waals surface area contributed by atoms with Gasteiger partial charge in [0.15, 0.2) is 0 Å². The Morgan fingerprint density at radius 2 is 2.15 bits per heavy atom. The topological polar surface area (TPSA) is 41.1 Å². The molecule has 1 amide bonds. The molecule has 1 unspecified atom stereocenters. The minimum atomic E-state index is 0.0507. The second-order valence-electron chi connectivity index (χ2n) is 5.87. The molecular weight excluding hydrogens is 248 g/mol. The summed E-state index contributed by atoms with van der Waals surface area (Å²) < 4.78 is 0. The molecule has 1 aliphatic rings. The molecule has 1 aromatic rings. The van der Waals surface area contributed by atoms with Crippen LogP contribution in [-0.2, 0) is 0 Å². The van der Waals surface area contributed by atoms with Gasteiger partial charge in [-0.1, -0.05) is 32.3 Å². The molecule has 2 rings (SSSR count). The summed E-state index contributed by atoms with van der Waals surface area (Å²) in [5.41, 5.74) is 1.79. The van der Waals surface area contributed by atoms with Gasteiger partial charge < -0.3 is 10.6 Å². The molecule has 0 spiro atoms. The Labute approximate surface area is 122 Å². The van der Waals surface area contributed by atoms with Gasteiger partial charge in [0.25, 0.3) is 5.91 Å². The fourth-order valence-corrected chi connectivity index (χ4v) is 2.30. The van der Waals surface area contributed by atoms with Crippen molar-refractivity contribution in [2.24, 2.45) is 0 Å². The maximum absolute atomic E-state index is 12.0. The molecule has 1 saturated carbocycles. The van der Waals surface area contributed by atoms with Crippen LogP contribution in [0.15, 0.2) is 24.3 Å². The van der Waals surface area contributed by atoms with Crippen molar-refractivity contribution in [2.45, 2.75) is 64.5 Å². The Bertz CT molecular complexity index is 440. The van der Waals surface area contributed by atoms with E-state index in [0.717, 1.165) is 24.1 Å². The number of hydrogen-bond acceptors (Lipinski definition) is 2. The number of carbonyl (C=O) groups is 1. The average molecular weight is 274 g/mol. The largest absolute Gasteiger partial charge is 0.383 e. The van der Waals surface area contributed by atoms with E-state index in [9.17, 15) is 4.79 Å². The van der Waals surface area contributed by atoms with E-state index in [4.69, 9.17) is 0 Å². The molecule has 110 valence electrons. The summed E-state index contributed by atoms with van der Waals surface area (Å²) in [6.07, 6.45) is 7.22. The summed E-state index contributed by atoms with van der Waals surface area (Å²) in [6, 6.07) is 8.67. The van der Waals surface area contributed by atoms with E-state index in [1.807, 2.05) is 24.3 Å². The van der Waals surface area contributed by atoms with Crippen LogP contribution in [0.1, 0.15) is 62.7 Å². The number of anilines is 1. The molecule has 1 aromatic carbocycles. The molecular formula is C17H26N2O. The van der Waals surface area contributed by atoms with Gasteiger partial charge in [0.05, 0.1) is 0 Å². The van der Waals surface area contributed by atoms with Crippen molar-refractivity contribution >= 4 is 11.6 Å². The molecule has 1 atom stereocenters. The van der Waals surface area contributed by atoms with Crippen molar-refractivity contribution in [3.05, 3.63) is 29.8 Å². The quantitative estimate of drug-likeness (QED) is 0.704. The first-order chi connectivity index (χ1) is 9.69. The van der Waals surface area contributed by atoms with Crippen LogP contribution in [0, 0.1) is 0 Å². The molecule has 0 aliphatic heterocycles. The van der Waals surface area contributed by atoms with Gasteiger partial charge in [-0.15, -0.1) is 0 Å². The van der Waals surface area contributed by atoms with Crippen molar-refractivity contribution in [3.63, 3.8) is 0 Å². The molecule has 0 radical (unpaired) electrons. The highest BCUT2D eigenvalue weighted by Gasteiger charge is 2.23. The Kier molecular flexibility index (Phi) is 5.45. The van der Waals surface area contributed by atoms with Crippen LogP contribution in [0.3, 0.4) is 0 Å². The molecule has 0 aromatic heterocycles. The summed E-state index contributed by atoms with van der Waals surface area (Å²) in [5, 5.41) is 6.51. The highest BCUT2D eigenvalue weighted by atomic mass is 16.1. The van der Waals surface area contributed by atoms with E-state index in [2.05, 4.69) is 24.5 Å². The summed E-state index contributed by atoms with van der Waals surface area (Å²) in [6.45, 7) is 4.42. The van der Waals surface area contributed by atoms with Gasteiger partial charge in [0.1, 0.15) is 0 Å². The number of benzene rings is 1. The lowest BCUT2D eigenvalue weighted by Crippen LogP contribution is -2.25. The molecule has 0 bridgehead atoms. The summed E-state index contributed by atoms with van der Waals surface area (Å²) >= 11 is 0. The van der Waals surface area contributed by atoms with Crippen LogP contribution in [0.25, 0.3) is 0 Å². The van der Waals surface area contributed by atoms with Crippen LogP contribution in [0.5, 0.6) is 0 Å². The summed E-state index contributed by atoms with van der Waals surface area (Å²) in [5.74, 6) is 0.0507. The van der Waals surface area contributed by atoms with Crippen LogP contribution in [0.4, 0.5) is 5.69 Å². The highest BCUT2D eigenvalue weighted by molar-refractivity contribution is 5.95. The second-order valence-corrected chi connectivity index (χ2v) is 5.87. The van der Waals surface area contributed by atoms with Crippen LogP contribution >= 0.6 is 0 Å². The normalized spacial score (nSPS) is 15.7. The zero-order valence-corrected chi connectivity index (χ0v) is 12.6. The first kappa shape index (κ1) is 14.9. The number of rotatable bonds is 8. The molecule has 0 heterocycles. The number of unbranched alkanes of at least 4 members (excludes halogenated alkanes) is 2. The zero-order chi connectivity index (χ0) is 14.4. The molecule has 20 heavy (non-hydrogen) atoms. The van der Waals surface area contributed by atoms with E-state index in [0.29, 0.717) is 12.1 Å². The number of nitrogens with one attached hydrogen (secondary N) is 2. The standard InChI is InChI=1S/C17H26N2O/c1-3-4-5-7-13(2)18-16-9-6-8-14(12-16)17(20)19-15-10-11-15/h6,8-9,12-13,15,18H,3-5,7,10-11H2,1-2H3,(H,19,20). The predicted octanol–water partition coefficient (Wildman–Crippen LogP) is 3.96. The lowest BCUT2D eigenvalue weighted by atomic mass is 10.1. The monoisotopic (exact) mass is 274 g/mol. The van der Waals surface area contributed by atoms with Gasteiger partial charge in [-0.05, 0) is 44.4 Å². The molecule has 1 aliphatic carbocycles. The maximum atomic E-state index is 12.0. The lowest BCUT2D eigenvalue weighted by molar-refractivity contribution is 0.0951. The predicted molar refractivity (Wildman–Crippen MR) is 84.2 cm³/mol. The lowest BCUT2D eigenvalue weighted by Gasteiger charge is -2.15. The first-order valence-corrected chi connectivity index (χ1v) is 7.86. The minimum Gasteiger partial charge on any atom is -0.383 e. The van der Waals surface area contributed by atoms with Gasteiger partial charge in [0, 0.05) is 23.3 Å². The van der Waals surface area contributed by atoms with Gasteiger partial charge in [-0.3, -0.25) is 4.79 Å². The van der Waals surface area contributed by atoms with Gasteiger partial charge >= 0.3 is 0 Å².